The van der Waals surface area contributed by atoms with Gasteiger partial charge in [0.05, 0.1) is 0 Å². The second kappa shape index (κ2) is 8.65. The molecule has 150 valence electrons. The molecule has 0 N–H and O–H groups in total. The van der Waals surface area contributed by atoms with Gasteiger partial charge in [-0.15, -0.1) is 0 Å². The Morgan fingerprint density at radius 2 is 0.931 bits per heavy atom. The molecule has 0 aromatic heterocycles. The summed E-state index contributed by atoms with van der Waals surface area (Å²) in [6, 6.07) is 21.4. The van der Waals surface area contributed by atoms with Crippen LogP contribution >= 0.6 is 0 Å². The first-order chi connectivity index (χ1) is 13.8. The third kappa shape index (κ3) is 5.72. The summed E-state index contributed by atoms with van der Waals surface area (Å²) in [6.07, 6.45) is 0. The number of nitro groups is 1. The first-order valence-electron chi connectivity index (χ1n) is 9.22. The average Bonchev–Trinajstić information content (AvgIpc) is 2.67. The zero-order valence-corrected chi connectivity index (χ0v) is 16.6. The Morgan fingerprint density at radius 3 is 1.17 bits per heavy atom. The minimum absolute atomic E-state index is 0.400. The van der Waals surface area contributed by atoms with E-state index < -0.39 is 17.4 Å². The van der Waals surface area contributed by atoms with Crippen LogP contribution in [0, 0.1) is 30.9 Å². The smallest absolute Gasteiger partial charge is 0.416 e. The van der Waals surface area contributed by atoms with Gasteiger partial charge in [0.25, 0.3) is 0 Å². The largest absolute Gasteiger partial charge is 0.486 e. The van der Waals surface area contributed by atoms with Crippen molar-refractivity contribution in [1.29, 1.82) is 0 Å². The fraction of sp³-hybridized carbons (Fsp3) is 0.217. The molecule has 0 atom stereocenters. The van der Waals surface area contributed by atoms with Gasteiger partial charge in [0.1, 0.15) is 17.2 Å². The minimum Gasteiger partial charge on any atom is -0.416 e. The van der Waals surface area contributed by atoms with Crippen LogP contribution in [0.1, 0.15) is 16.7 Å². The van der Waals surface area contributed by atoms with Crippen molar-refractivity contribution in [2.24, 2.45) is 0 Å². The highest BCUT2D eigenvalue weighted by molar-refractivity contribution is 5.30. The fourth-order valence-corrected chi connectivity index (χ4v) is 2.68. The topological polar surface area (TPSA) is 70.8 Å². The summed E-state index contributed by atoms with van der Waals surface area (Å²) < 4.78 is 17.9. The molecule has 3 aromatic carbocycles. The average molecular weight is 393 g/mol. The first-order valence-corrected chi connectivity index (χ1v) is 9.22. The van der Waals surface area contributed by atoms with Crippen LogP contribution in [0.15, 0.2) is 72.8 Å². The van der Waals surface area contributed by atoms with Crippen LogP contribution in [-0.4, -0.2) is 17.4 Å². The molecule has 3 rings (SSSR count). The number of rotatable bonds is 8. The van der Waals surface area contributed by atoms with Crippen molar-refractivity contribution in [3.8, 4) is 17.2 Å². The standard InChI is InChI=1S/C23H23NO5/c1-17-4-10-20(11-5-17)27-23(16-24(25)26,28-21-12-6-18(2)7-13-21)29-22-14-8-19(3)9-15-22/h4-15H,16H2,1-3H3. The van der Waals surface area contributed by atoms with E-state index >= 15 is 0 Å². The normalized spacial score (nSPS) is 11.0. The summed E-state index contributed by atoms with van der Waals surface area (Å²) in [4.78, 5) is 11.0. The fourth-order valence-electron chi connectivity index (χ4n) is 2.68. The van der Waals surface area contributed by atoms with Crippen molar-refractivity contribution in [2.75, 3.05) is 6.54 Å². The molecule has 0 unspecified atom stereocenters. The van der Waals surface area contributed by atoms with Crippen molar-refractivity contribution in [1.82, 2.24) is 0 Å². The molecule has 6 heteroatoms. The summed E-state index contributed by atoms with van der Waals surface area (Å²) >= 11 is 0. The van der Waals surface area contributed by atoms with E-state index in [1.165, 1.54) is 0 Å². The number of nitrogens with zero attached hydrogens (tertiary/aromatic N) is 1. The molecule has 0 saturated heterocycles. The quantitative estimate of drug-likeness (QED) is 0.303. The van der Waals surface area contributed by atoms with Crippen LogP contribution < -0.4 is 14.2 Å². The molecule has 0 fully saturated rings. The van der Waals surface area contributed by atoms with Gasteiger partial charge >= 0.3 is 12.5 Å². The van der Waals surface area contributed by atoms with E-state index in [1.807, 2.05) is 57.2 Å². The summed E-state index contributed by atoms with van der Waals surface area (Å²) in [7, 11) is 0. The predicted molar refractivity (Wildman–Crippen MR) is 110 cm³/mol. The Bertz CT molecular complexity index is 834. The van der Waals surface area contributed by atoms with Crippen molar-refractivity contribution >= 4 is 0 Å². The first kappa shape index (κ1) is 20.2. The molecule has 0 heterocycles. The number of hydrogen-bond acceptors (Lipinski definition) is 5. The molecule has 6 nitrogen and oxygen atoms in total. The van der Waals surface area contributed by atoms with E-state index in [4.69, 9.17) is 14.2 Å². The van der Waals surface area contributed by atoms with Crippen LogP contribution in [-0.2, 0) is 0 Å². The summed E-state index contributed by atoms with van der Waals surface area (Å²) in [6.45, 7) is 5.11. The zero-order valence-electron chi connectivity index (χ0n) is 16.6. The van der Waals surface area contributed by atoms with E-state index in [2.05, 4.69) is 0 Å². The second-order valence-corrected chi connectivity index (χ2v) is 6.92. The molecule has 29 heavy (non-hydrogen) atoms. The minimum atomic E-state index is -1.98. The lowest BCUT2D eigenvalue weighted by Gasteiger charge is -2.31. The van der Waals surface area contributed by atoms with Gasteiger partial charge in [-0.1, -0.05) is 53.1 Å². The highest BCUT2D eigenvalue weighted by Gasteiger charge is 2.45. The second-order valence-electron chi connectivity index (χ2n) is 6.92. The lowest BCUT2D eigenvalue weighted by Crippen LogP contribution is -2.53. The van der Waals surface area contributed by atoms with Crippen LogP contribution in [0.25, 0.3) is 0 Å². The Balaban J connectivity index is 2.00. The number of ether oxygens (including phenoxy) is 3. The van der Waals surface area contributed by atoms with Crippen molar-refractivity contribution < 1.29 is 19.1 Å². The number of aryl methyl sites for hydroxylation is 3. The number of hydrogen-bond donors (Lipinski definition) is 0. The molecule has 3 aromatic rings. The third-order valence-corrected chi connectivity index (χ3v) is 4.21. The molecular formula is C23H23NO5. The van der Waals surface area contributed by atoms with Gasteiger partial charge in [0.15, 0.2) is 0 Å². The van der Waals surface area contributed by atoms with Gasteiger partial charge in [-0.05, 0) is 57.2 Å². The van der Waals surface area contributed by atoms with Crippen molar-refractivity contribution in [2.45, 2.75) is 26.7 Å². The summed E-state index contributed by atoms with van der Waals surface area (Å²) in [5, 5.41) is 11.5. The van der Waals surface area contributed by atoms with E-state index in [0.717, 1.165) is 16.7 Å². The Hall–Kier alpha value is -3.54. The van der Waals surface area contributed by atoms with Crippen molar-refractivity contribution in [3.05, 3.63) is 99.6 Å². The lowest BCUT2D eigenvalue weighted by atomic mass is 10.2. The highest BCUT2D eigenvalue weighted by atomic mass is 16.9. The van der Waals surface area contributed by atoms with Gasteiger partial charge < -0.3 is 14.2 Å². The molecular weight excluding hydrogens is 370 g/mol. The molecule has 0 aliphatic carbocycles. The molecule has 0 spiro atoms. The molecule has 0 radical (unpaired) electrons. The van der Waals surface area contributed by atoms with Crippen LogP contribution in [0.2, 0.25) is 0 Å². The van der Waals surface area contributed by atoms with Crippen LogP contribution in [0.3, 0.4) is 0 Å². The molecule has 0 aliphatic heterocycles. The molecule has 0 saturated carbocycles. The zero-order chi connectivity index (χ0) is 20.9. The van der Waals surface area contributed by atoms with Crippen LogP contribution in [0.4, 0.5) is 0 Å². The summed E-state index contributed by atoms with van der Waals surface area (Å²) in [5.74, 6) is -0.784. The Kier molecular flexibility index (Phi) is 6.02. The maximum absolute atomic E-state index is 11.5. The SMILES string of the molecule is Cc1ccc(OC(C[N+](=O)[O-])(Oc2ccc(C)cc2)Oc2ccc(C)cc2)cc1. The van der Waals surface area contributed by atoms with Gasteiger partial charge in [-0.3, -0.25) is 10.1 Å². The number of benzene rings is 3. The summed E-state index contributed by atoms with van der Waals surface area (Å²) in [5.41, 5.74) is 3.11. The Morgan fingerprint density at radius 1 is 0.655 bits per heavy atom. The third-order valence-electron chi connectivity index (χ3n) is 4.21. The highest BCUT2D eigenvalue weighted by Crippen LogP contribution is 2.28. The van der Waals surface area contributed by atoms with Gasteiger partial charge in [-0.25, -0.2) is 0 Å². The van der Waals surface area contributed by atoms with Gasteiger partial charge in [0.2, 0.25) is 0 Å². The van der Waals surface area contributed by atoms with E-state index in [9.17, 15) is 10.1 Å². The molecule has 0 aliphatic rings. The van der Waals surface area contributed by atoms with E-state index in [1.54, 1.807) is 36.4 Å². The maximum atomic E-state index is 11.5. The molecule has 0 bridgehead atoms. The van der Waals surface area contributed by atoms with E-state index in [-0.39, 0.29) is 0 Å². The van der Waals surface area contributed by atoms with Crippen LogP contribution in [0.5, 0.6) is 17.2 Å². The predicted octanol–water partition coefficient (Wildman–Crippen LogP) is 5.08. The lowest BCUT2D eigenvalue weighted by molar-refractivity contribution is -0.530. The maximum Gasteiger partial charge on any atom is 0.486 e. The Labute approximate surface area is 169 Å². The van der Waals surface area contributed by atoms with Crippen molar-refractivity contribution in [3.63, 3.8) is 0 Å². The van der Waals surface area contributed by atoms with Gasteiger partial charge in [0, 0.05) is 4.92 Å². The monoisotopic (exact) mass is 393 g/mol. The van der Waals surface area contributed by atoms with E-state index in [0.29, 0.717) is 17.2 Å². The van der Waals surface area contributed by atoms with Gasteiger partial charge in [-0.2, -0.15) is 0 Å². The molecule has 0 amide bonds.